The van der Waals surface area contributed by atoms with Gasteiger partial charge in [0.05, 0.1) is 18.0 Å². The zero-order valence-electron chi connectivity index (χ0n) is 10.7. The molecule has 96 valence electrons. The summed E-state index contributed by atoms with van der Waals surface area (Å²) >= 11 is 0. The molecule has 2 aromatic heterocycles. The SMILES string of the molecule is COC(C)C(C)Nc1ccc(-n2cncn2)nc1. The van der Waals surface area contributed by atoms with Gasteiger partial charge in [0.2, 0.25) is 0 Å². The number of nitrogens with zero attached hydrogens (tertiary/aromatic N) is 4. The minimum absolute atomic E-state index is 0.139. The van der Waals surface area contributed by atoms with Crippen molar-refractivity contribution in [3.8, 4) is 5.82 Å². The molecule has 2 aromatic rings. The molecule has 0 radical (unpaired) electrons. The van der Waals surface area contributed by atoms with Crippen LogP contribution in [0.5, 0.6) is 0 Å². The summed E-state index contributed by atoms with van der Waals surface area (Å²) in [4.78, 5) is 8.20. The molecule has 0 fully saturated rings. The van der Waals surface area contributed by atoms with E-state index in [9.17, 15) is 0 Å². The van der Waals surface area contributed by atoms with Crippen molar-refractivity contribution in [1.29, 1.82) is 0 Å². The summed E-state index contributed by atoms with van der Waals surface area (Å²) < 4.78 is 6.88. The lowest BCUT2D eigenvalue weighted by Crippen LogP contribution is -2.29. The lowest BCUT2D eigenvalue weighted by molar-refractivity contribution is 0.106. The Balaban J connectivity index is 2.04. The van der Waals surface area contributed by atoms with Crippen LogP contribution in [0.1, 0.15) is 13.8 Å². The van der Waals surface area contributed by atoms with E-state index < -0.39 is 0 Å². The quantitative estimate of drug-likeness (QED) is 0.867. The molecule has 6 heteroatoms. The van der Waals surface area contributed by atoms with Gasteiger partial charge in [-0.05, 0) is 26.0 Å². The van der Waals surface area contributed by atoms with Crippen molar-refractivity contribution in [3.05, 3.63) is 31.0 Å². The van der Waals surface area contributed by atoms with Crippen molar-refractivity contribution in [1.82, 2.24) is 19.7 Å². The van der Waals surface area contributed by atoms with Crippen LogP contribution in [-0.4, -0.2) is 39.0 Å². The largest absolute Gasteiger partial charge is 0.380 e. The first-order valence-electron chi connectivity index (χ1n) is 5.81. The third-order valence-electron chi connectivity index (χ3n) is 2.87. The average Bonchev–Trinajstić information content (AvgIpc) is 2.92. The standard InChI is InChI=1S/C12H17N5O/c1-9(10(2)18-3)16-11-4-5-12(14-6-11)17-8-13-7-15-17/h4-10,16H,1-3H3. The highest BCUT2D eigenvalue weighted by Gasteiger charge is 2.10. The molecule has 0 spiro atoms. The highest BCUT2D eigenvalue weighted by molar-refractivity contribution is 5.44. The van der Waals surface area contributed by atoms with Gasteiger partial charge in [-0.3, -0.25) is 0 Å². The maximum Gasteiger partial charge on any atom is 0.155 e. The molecule has 18 heavy (non-hydrogen) atoms. The van der Waals surface area contributed by atoms with Gasteiger partial charge in [-0.25, -0.2) is 14.6 Å². The van der Waals surface area contributed by atoms with Crippen molar-refractivity contribution in [2.45, 2.75) is 26.0 Å². The van der Waals surface area contributed by atoms with Gasteiger partial charge in [-0.2, -0.15) is 5.10 Å². The molecule has 0 bridgehead atoms. The van der Waals surface area contributed by atoms with Crippen LogP contribution in [0.4, 0.5) is 5.69 Å². The van der Waals surface area contributed by atoms with E-state index in [0.29, 0.717) is 0 Å². The van der Waals surface area contributed by atoms with E-state index in [-0.39, 0.29) is 12.1 Å². The Hall–Kier alpha value is -1.95. The number of nitrogens with one attached hydrogen (secondary N) is 1. The van der Waals surface area contributed by atoms with E-state index in [4.69, 9.17) is 4.74 Å². The Kier molecular flexibility index (Phi) is 3.88. The van der Waals surface area contributed by atoms with Crippen molar-refractivity contribution >= 4 is 5.69 Å². The third kappa shape index (κ3) is 2.84. The summed E-state index contributed by atoms with van der Waals surface area (Å²) in [7, 11) is 1.70. The summed E-state index contributed by atoms with van der Waals surface area (Å²) in [5.74, 6) is 0.741. The van der Waals surface area contributed by atoms with Crippen molar-refractivity contribution in [2.75, 3.05) is 12.4 Å². The van der Waals surface area contributed by atoms with Crippen LogP contribution in [-0.2, 0) is 4.74 Å². The second kappa shape index (κ2) is 5.59. The lowest BCUT2D eigenvalue weighted by Gasteiger charge is -2.20. The van der Waals surface area contributed by atoms with Crippen LogP contribution in [0, 0.1) is 0 Å². The molecule has 0 saturated carbocycles. The molecule has 2 atom stereocenters. The van der Waals surface area contributed by atoms with Crippen molar-refractivity contribution < 1.29 is 4.74 Å². The Bertz CT molecular complexity index is 468. The molecule has 0 saturated heterocycles. The number of pyridine rings is 1. The van der Waals surface area contributed by atoms with Gasteiger partial charge in [0.1, 0.15) is 12.7 Å². The Morgan fingerprint density at radius 2 is 2.17 bits per heavy atom. The first-order chi connectivity index (χ1) is 8.70. The fraction of sp³-hybridized carbons (Fsp3) is 0.417. The smallest absolute Gasteiger partial charge is 0.155 e. The third-order valence-corrected chi connectivity index (χ3v) is 2.87. The zero-order valence-corrected chi connectivity index (χ0v) is 10.7. The predicted molar refractivity (Wildman–Crippen MR) is 68.7 cm³/mol. The molecule has 0 aromatic carbocycles. The van der Waals surface area contributed by atoms with Crippen molar-refractivity contribution in [2.24, 2.45) is 0 Å². The first-order valence-corrected chi connectivity index (χ1v) is 5.81. The van der Waals surface area contributed by atoms with E-state index in [1.165, 1.54) is 6.33 Å². The Morgan fingerprint density at radius 3 is 2.72 bits per heavy atom. The molecule has 6 nitrogen and oxygen atoms in total. The summed E-state index contributed by atoms with van der Waals surface area (Å²) in [6.07, 6.45) is 5.01. The Morgan fingerprint density at radius 1 is 1.33 bits per heavy atom. The highest BCUT2D eigenvalue weighted by atomic mass is 16.5. The monoisotopic (exact) mass is 247 g/mol. The maximum atomic E-state index is 5.26. The maximum absolute atomic E-state index is 5.26. The molecular weight excluding hydrogens is 230 g/mol. The van der Waals surface area contributed by atoms with E-state index in [1.807, 2.05) is 19.1 Å². The van der Waals surface area contributed by atoms with Gasteiger partial charge < -0.3 is 10.1 Å². The number of ether oxygens (including phenoxy) is 1. The summed E-state index contributed by atoms with van der Waals surface area (Å²) in [6.45, 7) is 4.09. The lowest BCUT2D eigenvalue weighted by atomic mass is 10.2. The second-order valence-corrected chi connectivity index (χ2v) is 4.12. The normalized spacial score (nSPS) is 14.2. The van der Waals surface area contributed by atoms with Crippen LogP contribution in [0.25, 0.3) is 5.82 Å². The summed E-state index contributed by atoms with van der Waals surface area (Å²) in [6, 6.07) is 4.07. The van der Waals surface area contributed by atoms with Gasteiger partial charge in [-0.15, -0.1) is 0 Å². The van der Waals surface area contributed by atoms with Gasteiger partial charge in [-0.1, -0.05) is 0 Å². The van der Waals surface area contributed by atoms with Crippen molar-refractivity contribution in [3.63, 3.8) is 0 Å². The highest BCUT2D eigenvalue weighted by Crippen LogP contribution is 2.11. The van der Waals surface area contributed by atoms with Crippen LogP contribution in [0.15, 0.2) is 31.0 Å². The van der Waals surface area contributed by atoms with E-state index in [2.05, 4.69) is 27.3 Å². The molecule has 0 aliphatic carbocycles. The summed E-state index contributed by atoms with van der Waals surface area (Å²) in [5, 5.41) is 7.35. The van der Waals surface area contributed by atoms with Crippen LogP contribution >= 0.6 is 0 Å². The molecular formula is C12H17N5O. The number of aromatic nitrogens is 4. The van der Waals surface area contributed by atoms with E-state index >= 15 is 0 Å². The van der Waals surface area contributed by atoms with E-state index in [1.54, 1.807) is 24.3 Å². The van der Waals surface area contributed by atoms with E-state index in [0.717, 1.165) is 11.5 Å². The molecule has 0 aliphatic rings. The fourth-order valence-corrected chi connectivity index (χ4v) is 1.52. The van der Waals surface area contributed by atoms with Gasteiger partial charge in [0.25, 0.3) is 0 Å². The van der Waals surface area contributed by atoms with Crippen LogP contribution < -0.4 is 5.32 Å². The zero-order chi connectivity index (χ0) is 13.0. The number of rotatable bonds is 5. The Labute approximate surface area is 106 Å². The molecule has 2 heterocycles. The molecule has 2 rings (SSSR count). The summed E-state index contributed by atoms with van der Waals surface area (Å²) in [5.41, 5.74) is 0.954. The minimum Gasteiger partial charge on any atom is -0.380 e. The average molecular weight is 247 g/mol. The molecule has 2 unspecified atom stereocenters. The van der Waals surface area contributed by atoms with Gasteiger partial charge >= 0.3 is 0 Å². The number of methoxy groups -OCH3 is 1. The number of hydrogen-bond acceptors (Lipinski definition) is 5. The van der Waals surface area contributed by atoms with Crippen LogP contribution in [0.3, 0.4) is 0 Å². The first kappa shape index (κ1) is 12.5. The predicted octanol–water partition coefficient (Wildman–Crippen LogP) is 1.50. The number of anilines is 1. The fourth-order valence-electron chi connectivity index (χ4n) is 1.52. The molecule has 1 N–H and O–H groups in total. The van der Waals surface area contributed by atoms with Gasteiger partial charge in [0.15, 0.2) is 5.82 Å². The number of hydrogen-bond donors (Lipinski definition) is 1. The topological polar surface area (TPSA) is 64.9 Å². The van der Waals surface area contributed by atoms with Gasteiger partial charge in [0, 0.05) is 13.2 Å². The second-order valence-electron chi connectivity index (χ2n) is 4.12. The minimum atomic E-state index is 0.139. The molecule has 0 amide bonds. The molecule has 0 aliphatic heterocycles. The van der Waals surface area contributed by atoms with Crippen LogP contribution in [0.2, 0.25) is 0 Å².